The molecule has 0 aromatic heterocycles. The summed E-state index contributed by atoms with van der Waals surface area (Å²) in [4.78, 5) is 14.1. The molecule has 1 amide bonds. The maximum Gasteiger partial charge on any atom is 0.410 e. The van der Waals surface area contributed by atoms with E-state index in [1.165, 1.54) is 4.31 Å². The maximum absolute atomic E-state index is 12.8. The lowest BCUT2D eigenvalue weighted by molar-refractivity contribution is 0.104. The van der Waals surface area contributed by atoms with Gasteiger partial charge in [0.25, 0.3) is 0 Å². The van der Waals surface area contributed by atoms with Crippen LogP contribution in [0.1, 0.15) is 26.7 Å². The van der Waals surface area contributed by atoms with Gasteiger partial charge < -0.3 is 4.74 Å². The van der Waals surface area contributed by atoms with Crippen molar-refractivity contribution in [2.45, 2.75) is 43.2 Å². The predicted molar refractivity (Wildman–Crippen MR) is 93.2 cm³/mol. The number of sulfonamides is 1. The van der Waals surface area contributed by atoms with E-state index in [1.807, 2.05) is 13.8 Å². The molecule has 1 aromatic rings. The van der Waals surface area contributed by atoms with E-state index in [0.29, 0.717) is 32.5 Å². The number of ether oxygens (including phenoxy) is 1. The quantitative estimate of drug-likeness (QED) is 0.759. The highest BCUT2D eigenvalue weighted by atomic mass is 79.9. The van der Waals surface area contributed by atoms with E-state index in [-0.39, 0.29) is 22.6 Å². The number of rotatable bonds is 3. The Morgan fingerprint density at radius 2 is 1.92 bits per heavy atom. The molecule has 0 radical (unpaired) electrons. The fourth-order valence-electron chi connectivity index (χ4n) is 3.39. The summed E-state index contributed by atoms with van der Waals surface area (Å²) in [5.41, 5.74) is -0.340. The minimum absolute atomic E-state index is 0.0176. The summed E-state index contributed by atoms with van der Waals surface area (Å²) < 4.78 is 32.9. The first kappa shape index (κ1) is 17.7. The van der Waals surface area contributed by atoms with Crippen LogP contribution >= 0.6 is 15.9 Å². The molecule has 0 unspecified atom stereocenters. The molecule has 0 spiro atoms. The number of piperidine rings is 1. The van der Waals surface area contributed by atoms with Crippen molar-refractivity contribution < 1.29 is 17.9 Å². The summed E-state index contributed by atoms with van der Waals surface area (Å²) in [5, 5.41) is 0. The summed E-state index contributed by atoms with van der Waals surface area (Å²) in [6, 6.07) is 6.75. The van der Waals surface area contributed by atoms with Gasteiger partial charge in [0.05, 0.1) is 10.4 Å². The first-order valence-corrected chi connectivity index (χ1v) is 10.2. The van der Waals surface area contributed by atoms with Crippen molar-refractivity contribution in [2.75, 3.05) is 19.7 Å². The smallest absolute Gasteiger partial charge is 0.410 e. The standard InChI is InChI=1S/C16H21BrN2O4S/c1-16(2)11-23-15(20)19(16)13-6-8-18(9-7-13)24(21,22)14-5-3-4-12(17)10-14/h3-5,10,13H,6-9,11H2,1-2H3. The van der Waals surface area contributed by atoms with Crippen LogP contribution in [-0.4, -0.2) is 55.0 Å². The fraction of sp³-hybridized carbons (Fsp3) is 0.562. The molecular weight excluding hydrogens is 396 g/mol. The Bertz CT molecular complexity index is 742. The summed E-state index contributed by atoms with van der Waals surface area (Å²) in [7, 11) is -3.51. The van der Waals surface area contributed by atoms with Gasteiger partial charge in [-0.1, -0.05) is 22.0 Å². The second-order valence-corrected chi connectivity index (χ2v) is 9.68. The molecule has 0 atom stereocenters. The first-order chi connectivity index (χ1) is 11.2. The van der Waals surface area contributed by atoms with E-state index >= 15 is 0 Å². The Morgan fingerprint density at radius 1 is 1.25 bits per heavy atom. The van der Waals surface area contributed by atoms with Crippen molar-refractivity contribution in [3.05, 3.63) is 28.7 Å². The molecule has 24 heavy (non-hydrogen) atoms. The number of benzene rings is 1. The van der Waals surface area contributed by atoms with E-state index in [1.54, 1.807) is 29.2 Å². The lowest BCUT2D eigenvalue weighted by atomic mass is 9.98. The lowest BCUT2D eigenvalue weighted by Crippen LogP contribution is -2.53. The number of amides is 1. The number of carbonyl (C=O) groups is 1. The molecule has 2 heterocycles. The molecule has 0 saturated carbocycles. The van der Waals surface area contributed by atoms with Gasteiger partial charge in [-0.3, -0.25) is 4.90 Å². The van der Waals surface area contributed by atoms with Crippen LogP contribution in [0.5, 0.6) is 0 Å². The van der Waals surface area contributed by atoms with Crippen molar-refractivity contribution in [3.63, 3.8) is 0 Å². The molecule has 0 bridgehead atoms. The van der Waals surface area contributed by atoms with Gasteiger partial charge in [-0.05, 0) is 44.9 Å². The number of carbonyl (C=O) groups excluding carboxylic acids is 1. The van der Waals surface area contributed by atoms with Crippen LogP contribution in [0, 0.1) is 0 Å². The zero-order chi connectivity index (χ0) is 17.5. The van der Waals surface area contributed by atoms with Crippen molar-refractivity contribution in [3.8, 4) is 0 Å². The van der Waals surface area contributed by atoms with Crippen molar-refractivity contribution in [1.29, 1.82) is 0 Å². The highest BCUT2D eigenvalue weighted by Crippen LogP contribution is 2.32. The third kappa shape index (κ3) is 3.19. The topological polar surface area (TPSA) is 66.9 Å². The van der Waals surface area contributed by atoms with Crippen LogP contribution in [0.4, 0.5) is 4.79 Å². The second-order valence-electron chi connectivity index (χ2n) is 6.83. The molecular formula is C16H21BrN2O4S. The van der Waals surface area contributed by atoms with Gasteiger partial charge in [-0.2, -0.15) is 4.31 Å². The third-order valence-corrected chi connectivity index (χ3v) is 7.01. The Labute approximate surface area is 150 Å². The Hall–Kier alpha value is -1.12. The minimum Gasteiger partial charge on any atom is -0.447 e. The number of nitrogens with zero attached hydrogens (tertiary/aromatic N) is 2. The van der Waals surface area contributed by atoms with E-state index in [2.05, 4.69) is 15.9 Å². The molecule has 6 nitrogen and oxygen atoms in total. The van der Waals surface area contributed by atoms with Gasteiger partial charge in [0.2, 0.25) is 10.0 Å². The molecule has 0 N–H and O–H groups in total. The maximum atomic E-state index is 12.8. The Morgan fingerprint density at radius 3 is 2.46 bits per heavy atom. The average molecular weight is 417 g/mol. The monoisotopic (exact) mass is 416 g/mol. The zero-order valence-corrected chi connectivity index (χ0v) is 16.1. The van der Waals surface area contributed by atoms with Gasteiger partial charge in [0.15, 0.2) is 0 Å². The van der Waals surface area contributed by atoms with Crippen molar-refractivity contribution >= 4 is 32.0 Å². The summed E-state index contributed by atoms with van der Waals surface area (Å²) >= 11 is 3.31. The average Bonchev–Trinajstić information content (AvgIpc) is 2.81. The summed E-state index contributed by atoms with van der Waals surface area (Å²) in [6.07, 6.45) is 0.936. The van der Waals surface area contributed by atoms with Crippen LogP contribution in [0.2, 0.25) is 0 Å². The largest absolute Gasteiger partial charge is 0.447 e. The molecule has 1 aromatic carbocycles. The zero-order valence-electron chi connectivity index (χ0n) is 13.7. The molecule has 2 fully saturated rings. The third-order valence-electron chi connectivity index (χ3n) is 4.62. The minimum atomic E-state index is -3.51. The SMILES string of the molecule is CC1(C)COC(=O)N1C1CCN(S(=O)(=O)c2cccc(Br)c2)CC1. The van der Waals surface area contributed by atoms with Crippen LogP contribution in [0.15, 0.2) is 33.6 Å². The van der Waals surface area contributed by atoms with Gasteiger partial charge in [0, 0.05) is 23.6 Å². The van der Waals surface area contributed by atoms with Crippen molar-refractivity contribution in [2.24, 2.45) is 0 Å². The van der Waals surface area contributed by atoms with E-state index in [4.69, 9.17) is 4.74 Å². The van der Waals surface area contributed by atoms with Gasteiger partial charge in [-0.15, -0.1) is 0 Å². The molecule has 2 saturated heterocycles. The van der Waals surface area contributed by atoms with Crippen LogP contribution in [0.3, 0.4) is 0 Å². The van der Waals surface area contributed by atoms with E-state index in [0.717, 1.165) is 4.47 Å². The molecule has 132 valence electrons. The Balaban J connectivity index is 1.72. The summed E-state index contributed by atoms with van der Waals surface area (Å²) in [6.45, 7) is 5.13. The molecule has 8 heteroatoms. The first-order valence-electron chi connectivity index (χ1n) is 7.94. The molecule has 2 aliphatic heterocycles. The molecule has 2 aliphatic rings. The lowest BCUT2D eigenvalue weighted by Gasteiger charge is -2.40. The highest BCUT2D eigenvalue weighted by Gasteiger charge is 2.45. The Kier molecular flexibility index (Phi) is 4.65. The normalized spacial score (nSPS) is 22.6. The van der Waals surface area contributed by atoms with Gasteiger partial charge in [-0.25, -0.2) is 13.2 Å². The second kappa shape index (κ2) is 6.31. The van der Waals surface area contributed by atoms with Crippen LogP contribution in [0.25, 0.3) is 0 Å². The number of hydrogen-bond acceptors (Lipinski definition) is 4. The number of halogens is 1. The van der Waals surface area contributed by atoms with Crippen LogP contribution < -0.4 is 0 Å². The van der Waals surface area contributed by atoms with Crippen molar-refractivity contribution in [1.82, 2.24) is 9.21 Å². The highest BCUT2D eigenvalue weighted by molar-refractivity contribution is 9.10. The van der Waals surface area contributed by atoms with Gasteiger partial charge in [0.1, 0.15) is 6.61 Å². The number of cyclic esters (lactones) is 1. The van der Waals surface area contributed by atoms with E-state index in [9.17, 15) is 13.2 Å². The van der Waals surface area contributed by atoms with Crippen LogP contribution in [-0.2, 0) is 14.8 Å². The molecule has 0 aliphatic carbocycles. The molecule has 3 rings (SSSR count). The fourth-order valence-corrected chi connectivity index (χ4v) is 5.45. The van der Waals surface area contributed by atoms with E-state index < -0.39 is 10.0 Å². The summed E-state index contributed by atoms with van der Waals surface area (Å²) in [5.74, 6) is 0. The van der Waals surface area contributed by atoms with Gasteiger partial charge >= 0.3 is 6.09 Å². The predicted octanol–water partition coefficient (Wildman–Crippen LogP) is 2.83. The number of hydrogen-bond donors (Lipinski definition) is 0.